The standard InChI is InChI=1S/C22H23FN2O2/c1-13(2)17-9-6-10-18(14(3)4)21(17)24-22(26)20-12-19(25-27-20)15-7-5-8-16(23)11-15/h5-14H,1-4H3,(H,24,26). The van der Waals surface area contributed by atoms with Crippen molar-refractivity contribution < 1.29 is 13.7 Å². The van der Waals surface area contributed by atoms with E-state index >= 15 is 0 Å². The van der Waals surface area contributed by atoms with Crippen molar-refractivity contribution in [3.8, 4) is 11.3 Å². The number of aromatic nitrogens is 1. The molecule has 3 rings (SSSR count). The monoisotopic (exact) mass is 366 g/mol. The number of halogens is 1. The Hall–Kier alpha value is -2.95. The van der Waals surface area contributed by atoms with Crippen molar-refractivity contribution in [2.75, 3.05) is 5.32 Å². The molecule has 27 heavy (non-hydrogen) atoms. The Morgan fingerprint density at radius 1 is 1.00 bits per heavy atom. The van der Waals surface area contributed by atoms with Crippen molar-refractivity contribution >= 4 is 11.6 Å². The van der Waals surface area contributed by atoms with E-state index in [1.54, 1.807) is 12.1 Å². The molecule has 1 heterocycles. The van der Waals surface area contributed by atoms with E-state index in [1.807, 2.05) is 18.2 Å². The number of hydrogen-bond donors (Lipinski definition) is 1. The number of nitrogens with zero attached hydrogens (tertiary/aromatic N) is 1. The fraction of sp³-hybridized carbons (Fsp3) is 0.273. The van der Waals surface area contributed by atoms with Crippen molar-refractivity contribution in [3.63, 3.8) is 0 Å². The second-order valence-corrected chi connectivity index (χ2v) is 7.16. The Kier molecular flexibility index (Phi) is 5.40. The van der Waals surface area contributed by atoms with Crippen LogP contribution < -0.4 is 5.32 Å². The molecule has 0 saturated heterocycles. The van der Waals surface area contributed by atoms with Crippen LogP contribution in [0.3, 0.4) is 0 Å². The van der Waals surface area contributed by atoms with Crippen LogP contribution in [-0.4, -0.2) is 11.1 Å². The SMILES string of the molecule is CC(C)c1cccc(C(C)C)c1NC(=O)c1cc(-c2cccc(F)c2)no1. The lowest BCUT2D eigenvalue weighted by Crippen LogP contribution is -2.15. The summed E-state index contributed by atoms with van der Waals surface area (Å²) in [6, 6.07) is 13.6. The summed E-state index contributed by atoms with van der Waals surface area (Å²) in [5, 5.41) is 6.89. The van der Waals surface area contributed by atoms with Crippen LogP contribution in [0.1, 0.15) is 61.2 Å². The molecule has 3 aromatic rings. The second-order valence-electron chi connectivity index (χ2n) is 7.16. The average molecular weight is 366 g/mol. The second kappa shape index (κ2) is 7.74. The van der Waals surface area contributed by atoms with Crippen LogP contribution in [0.25, 0.3) is 11.3 Å². The molecule has 0 saturated carbocycles. The van der Waals surface area contributed by atoms with Crippen molar-refractivity contribution in [1.82, 2.24) is 5.16 Å². The molecular weight excluding hydrogens is 343 g/mol. The third-order valence-corrected chi connectivity index (χ3v) is 4.47. The van der Waals surface area contributed by atoms with Crippen LogP contribution in [0, 0.1) is 5.82 Å². The zero-order valence-electron chi connectivity index (χ0n) is 15.9. The van der Waals surface area contributed by atoms with Gasteiger partial charge in [0.05, 0.1) is 0 Å². The van der Waals surface area contributed by atoms with E-state index in [1.165, 1.54) is 18.2 Å². The van der Waals surface area contributed by atoms with E-state index in [2.05, 4.69) is 38.2 Å². The number of carbonyl (C=O) groups excluding carboxylic acids is 1. The highest BCUT2D eigenvalue weighted by Gasteiger charge is 2.20. The van der Waals surface area contributed by atoms with E-state index in [0.29, 0.717) is 11.3 Å². The summed E-state index contributed by atoms with van der Waals surface area (Å²) in [7, 11) is 0. The van der Waals surface area contributed by atoms with Gasteiger partial charge in [-0.3, -0.25) is 4.79 Å². The Labute approximate surface area is 158 Å². The third kappa shape index (κ3) is 4.08. The average Bonchev–Trinajstić information content (AvgIpc) is 3.11. The minimum atomic E-state index is -0.375. The number of benzene rings is 2. The third-order valence-electron chi connectivity index (χ3n) is 4.47. The molecule has 140 valence electrons. The summed E-state index contributed by atoms with van der Waals surface area (Å²) in [6.07, 6.45) is 0. The van der Waals surface area contributed by atoms with Gasteiger partial charge in [-0.05, 0) is 35.1 Å². The molecule has 4 nitrogen and oxygen atoms in total. The maximum Gasteiger partial charge on any atom is 0.294 e. The lowest BCUT2D eigenvalue weighted by Gasteiger charge is -2.19. The van der Waals surface area contributed by atoms with Crippen LogP contribution in [0.15, 0.2) is 53.1 Å². The van der Waals surface area contributed by atoms with Gasteiger partial charge in [0.25, 0.3) is 5.91 Å². The Balaban J connectivity index is 1.91. The molecule has 0 spiro atoms. The molecule has 1 aromatic heterocycles. The highest BCUT2D eigenvalue weighted by molar-refractivity contribution is 6.03. The lowest BCUT2D eigenvalue weighted by atomic mass is 9.92. The van der Waals surface area contributed by atoms with Gasteiger partial charge in [0, 0.05) is 17.3 Å². The van der Waals surface area contributed by atoms with Gasteiger partial charge in [0.2, 0.25) is 5.76 Å². The first-order chi connectivity index (χ1) is 12.9. The molecule has 0 unspecified atom stereocenters. The van der Waals surface area contributed by atoms with Gasteiger partial charge in [-0.25, -0.2) is 4.39 Å². The summed E-state index contributed by atoms with van der Waals surface area (Å²) >= 11 is 0. The lowest BCUT2D eigenvalue weighted by molar-refractivity contribution is 0.0988. The minimum Gasteiger partial charge on any atom is -0.350 e. The zero-order valence-corrected chi connectivity index (χ0v) is 15.9. The number of hydrogen-bond acceptors (Lipinski definition) is 3. The fourth-order valence-corrected chi connectivity index (χ4v) is 3.04. The van der Waals surface area contributed by atoms with Gasteiger partial charge < -0.3 is 9.84 Å². The Morgan fingerprint density at radius 2 is 1.63 bits per heavy atom. The Bertz CT molecular complexity index is 934. The minimum absolute atomic E-state index is 0.0857. The highest BCUT2D eigenvalue weighted by atomic mass is 19.1. The van der Waals surface area contributed by atoms with Gasteiger partial charge in [0.15, 0.2) is 0 Å². The number of rotatable bonds is 5. The summed E-state index contributed by atoms with van der Waals surface area (Å²) in [5.74, 6) is -0.134. The summed E-state index contributed by atoms with van der Waals surface area (Å²) in [5.41, 5.74) is 3.93. The molecule has 1 N–H and O–H groups in total. The van der Waals surface area contributed by atoms with E-state index in [9.17, 15) is 9.18 Å². The molecule has 0 bridgehead atoms. The topological polar surface area (TPSA) is 55.1 Å². The van der Waals surface area contributed by atoms with E-state index < -0.39 is 0 Å². The molecule has 2 aromatic carbocycles. The first-order valence-electron chi connectivity index (χ1n) is 9.03. The van der Waals surface area contributed by atoms with Crippen molar-refractivity contribution in [2.45, 2.75) is 39.5 Å². The predicted molar refractivity (Wildman–Crippen MR) is 104 cm³/mol. The van der Waals surface area contributed by atoms with Crippen LogP contribution in [0.5, 0.6) is 0 Å². The number of carbonyl (C=O) groups is 1. The molecular formula is C22H23FN2O2. The van der Waals surface area contributed by atoms with Gasteiger partial charge in [-0.2, -0.15) is 0 Å². The maximum atomic E-state index is 13.4. The molecule has 0 radical (unpaired) electrons. The Morgan fingerprint density at radius 3 is 2.22 bits per heavy atom. The summed E-state index contributed by atoms with van der Waals surface area (Å²) in [4.78, 5) is 12.8. The van der Waals surface area contributed by atoms with Crippen molar-refractivity contribution in [2.24, 2.45) is 0 Å². The van der Waals surface area contributed by atoms with Crippen LogP contribution in [-0.2, 0) is 0 Å². The number of anilines is 1. The van der Waals surface area contributed by atoms with Gasteiger partial charge in [-0.15, -0.1) is 0 Å². The molecule has 0 fully saturated rings. The molecule has 0 aliphatic rings. The van der Waals surface area contributed by atoms with Crippen LogP contribution in [0.2, 0.25) is 0 Å². The van der Waals surface area contributed by atoms with Crippen LogP contribution in [0.4, 0.5) is 10.1 Å². The number of para-hydroxylation sites is 1. The zero-order chi connectivity index (χ0) is 19.6. The van der Waals surface area contributed by atoms with Crippen LogP contribution >= 0.6 is 0 Å². The van der Waals surface area contributed by atoms with Gasteiger partial charge in [0.1, 0.15) is 11.5 Å². The molecule has 0 aliphatic heterocycles. The number of nitrogens with one attached hydrogen (secondary N) is 1. The van der Waals surface area contributed by atoms with Crippen molar-refractivity contribution in [1.29, 1.82) is 0 Å². The maximum absolute atomic E-state index is 13.4. The number of amides is 1. The normalized spacial score (nSPS) is 11.2. The smallest absolute Gasteiger partial charge is 0.294 e. The summed E-state index contributed by atoms with van der Waals surface area (Å²) in [6.45, 7) is 8.36. The van der Waals surface area contributed by atoms with Crippen molar-refractivity contribution in [3.05, 3.63) is 71.2 Å². The van der Waals surface area contributed by atoms with E-state index in [-0.39, 0.29) is 29.3 Å². The summed E-state index contributed by atoms with van der Waals surface area (Å²) < 4.78 is 18.6. The van der Waals surface area contributed by atoms with Gasteiger partial charge >= 0.3 is 0 Å². The quantitative estimate of drug-likeness (QED) is 0.604. The highest BCUT2D eigenvalue weighted by Crippen LogP contribution is 2.33. The van der Waals surface area contributed by atoms with E-state index in [4.69, 9.17) is 4.52 Å². The first-order valence-corrected chi connectivity index (χ1v) is 9.03. The predicted octanol–water partition coefficient (Wildman–Crippen LogP) is 5.98. The van der Waals surface area contributed by atoms with Gasteiger partial charge in [-0.1, -0.05) is 63.2 Å². The first kappa shape index (κ1) is 18.8. The molecule has 0 atom stereocenters. The molecule has 1 amide bonds. The largest absolute Gasteiger partial charge is 0.350 e. The fourth-order valence-electron chi connectivity index (χ4n) is 3.04. The van der Waals surface area contributed by atoms with E-state index in [0.717, 1.165) is 16.8 Å². The molecule has 5 heteroatoms. The molecule has 0 aliphatic carbocycles.